The maximum absolute atomic E-state index is 14.8. The molecule has 0 unspecified atom stereocenters. The molecule has 41 nitrogen and oxygen atoms in total. The van der Waals surface area contributed by atoms with Crippen molar-refractivity contribution in [3.8, 4) is 5.75 Å². The van der Waals surface area contributed by atoms with Gasteiger partial charge < -0.3 is 116 Å². The molecule has 0 spiro atoms. The monoisotopic (exact) mass is 1540 g/mol. The Hall–Kier alpha value is -11.4. The highest BCUT2D eigenvalue weighted by Gasteiger charge is 2.36. The summed E-state index contributed by atoms with van der Waals surface area (Å²) in [4.78, 5) is 231. The molecule has 42 heteroatoms. The zero-order valence-corrected chi connectivity index (χ0v) is 60.5. The Morgan fingerprint density at radius 2 is 1.02 bits per heavy atom. The number of aromatic nitrogens is 2. The number of unbranched alkanes of at least 4 members (excludes halogenated alkanes) is 1. The maximum Gasteiger partial charge on any atom is 0.322 e. The van der Waals surface area contributed by atoms with E-state index in [1.807, 2.05) is 0 Å². The largest absolute Gasteiger partial charge is 0.508 e. The van der Waals surface area contributed by atoms with E-state index in [9.17, 15) is 102 Å². The summed E-state index contributed by atoms with van der Waals surface area (Å²) >= 11 is 0.833. The number of rotatable bonds is 52. The van der Waals surface area contributed by atoms with Crippen molar-refractivity contribution >= 4 is 112 Å². The van der Waals surface area contributed by atoms with Gasteiger partial charge in [0.1, 0.15) is 79.9 Å². The third kappa shape index (κ3) is 37.1. The molecule has 594 valence electrons. The number of aromatic amines is 1. The molecule has 0 radical (unpaired) electrons. The number of nitrogens with two attached hydrogens (primary N) is 3. The molecule has 0 saturated heterocycles. The Balaban J connectivity index is 1.98. The molecular weight excluding hydrogens is 1440 g/mol. The Kier molecular flexibility index (Phi) is 41.6. The fourth-order valence-corrected chi connectivity index (χ4v) is 10.6. The first-order valence-corrected chi connectivity index (χ1v) is 35.1. The summed E-state index contributed by atoms with van der Waals surface area (Å²) in [5.41, 5.74) is 17.3. The molecule has 9 atom stereocenters. The molecule has 0 aliphatic rings. The van der Waals surface area contributed by atoms with Crippen LogP contribution in [0.5, 0.6) is 5.75 Å². The normalized spacial score (nSPS) is 13.4. The summed E-state index contributed by atoms with van der Waals surface area (Å²) in [7, 11) is 0. The number of phenolic OH excluding ortho intramolecular Hbond substituents is 1. The number of nitrogens with zero attached hydrogens (tertiary/aromatic N) is 2. The standard InChI is InChI=1S/C66H96N18O23S/c1-37(75-61(100)44(11-7-8-20-67)78-62(101)45(16-18-52(69)89)76-53(90)28-68)58(97)83-50(33-85)60(99)71-30-54(91)77-51(34-108-36-74-55(92)32-84(21-23-106-38(2)86)22-24-107-39(3)87)66(105)81-48(26-41-12-14-43(88)15-13-41)64(103)79-46(17-19-56(93)94)63(102)80-47(25-40-9-5-4-6-10-40)65(104)82-49(27-42-29-70-35-73-42)59(98)72-31-57(95)96/h4-6,9-10,12-15,29,35,37,44-51,85,88H,7-8,11,16-28,30-34,36,67-68H2,1-3H3,(H2,69,89)(H,70,73)(H,71,99)(H,72,98)(H,74,92)(H,75,100)(H,76,90)(H,77,91)(H,78,101)(H,79,103)(H,80,102)(H,81,105)(H,82,104)(H,83,97)(H,93,94)(H,95,96)/t37-,44-,45-,46-,47-,48-,49-,50-,51-/m0/s1. The van der Waals surface area contributed by atoms with Crippen molar-refractivity contribution < 1.29 is 111 Å². The van der Waals surface area contributed by atoms with E-state index in [1.54, 1.807) is 30.3 Å². The molecule has 1 aromatic heterocycles. The van der Waals surface area contributed by atoms with Gasteiger partial charge in [-0.3, -0.25) is 86.4 Å². The highest BCUT2D eigenvalue weighted by Crippen LogP contribution is 2.15. The van der Waals surface area contributed by atoms with Crippen LogP contribution in [0.4, 0.5) is 0 Å². The summed E-state index contributed by atoms with van der Waals surface area (Å²) in [6, 6.07) is -1.08. The van der Waals surface area contributed by atoms with Gasteiger partial charge in [0.15, 0.2) is 0 Å². The van der Waals surface area contributed by atoms with Crippen LogP contribution in [0, 0.1) is 0 Å². The van der Waals surface area contributed by atoms with Crippen LogP contribution in [0.25, 0.3) is 0 Å². The van der Waals surface area contributed by atoms with Crippen molar-refractivity contribution in [2.24, 2.45) is 17.2 Å². The lowest BCUT2D eigenvalue weighted by Crippen LogP contribution is -2.60. The Bertz CT molecular complexity index is 3500. The predicted octanol–water partition coefficient (Wildman–Crippen LogP) is -7.71. The van der Waals surface area contributed by atoms with Crippen molar-refractivity contribution in [1.82, 2.24) is 78.7 Å². The molecule has 23 N–H and O–H groups in total. The number of carboxylic acid groups (broad SMARTS) is 2. The molecular formula is C66H96N18O23S. The molecule has 2 aromatic carbocycles. The molecule has 108 heavy (non-hydrogen) atoms. The lowest BCUT2D eigenvalue weighted by Gasteiger charge is -2.27. The number of aliphatic carboxylic acids is 2. The molecule has 13 amide bonds. The number of esters is 2. The van der Waals surface area contributed by atoms with Crippen LogP contribution >= 0.6 is 11.8 Å². The molecule has 3 rings (SSSR count). The number of imidazole rings is 1. The minimum absolute atomic E-state index is 0.0306. The maximum atomic E-state index is 14.8. The van der Waals surface area contributed by atoms with Gasteiger partial charge in [-0.2, -0.15) is 0 Å². The smallest absolute Gasteiger partial charge is 0.322 e. The number of hydrogen-bond acceptors (Lipinski definition) is 26. The topological polar surface area (TPSA) is 644 Å². The number of thioether (sulfide) groups is 1. The molecule has 3 aromatic rings. The molecule has 0 aliphatic carbocycles. The number of nitrogens with one attached hydrogen (secondary N) is 13. The number of phenols is 1. The van der Waals surface area contributed by atoms with Crippen molar-refractivity contribution in [1.29, 1.82) is 0 Å². The average molecular weight is 1540 g/mol. The predicted molar refractivity (Wildman–Crippen MR) is 380 cm³/mol. The second-order valence-corrected chi connectivity index (χ2v) is 25.2. The van der Waals surface area contributed by atoms with Crippen molar-refractivity contribution in [2.75, 3.05) is 77.3 Å². The van der Waals surface area contributed by atoms with Crippen LogP contribution < -0.4 is 81.0 Å². The van der Waals surface area contributed by atoms with E-state index in [4.69, 9.17) is 26.7 Å². The first-order valence-electron chi connectivity index (χ1n) is 33.9. The summed E-state index contributed by atoms with van der Waals surface area (Å²) in [6.45, 7) is -0.235. The summed E-state index contributed by atoms with van der Waals surface area (Å²) in [5, 5.41) is 68.5. The second-order valence-electron chi connectivity index (χ2n) is 24.2. The number of aliphatic hydroxyl groups excluding tert-OH is 1. The van der Waals surface area contributed by atoms with Gasteiger partial charge in [0.25, 0.3) is 0 Å². The van der Waals surface area contributed by atoms with Crippen molar-refractivity contribution in [3.63, 3.8) is 0 Å². The van der Waals surface area contributed by atoms with Gasteiger partial charge in [0.05, 0.1) is 38.4 Å². The van der Waals surface area contributed by atoms with E-state index in [2.05, 4.69) is 73.8 Å². The van der Waals surface area contributed by atoms with Crippen molar-refractivity contribution in [2.45, 2.75) is 139 Å². The quantitative estimate of drug-likeness (QED) is 0.0142. The third-order valence-electron chi connectivity index (χ3n) is 15.4. The number of hydrogen-bond donors (Lipinski definition) is 20. The molecule has 0 saturated carbocycles. The number of carboxylic acids is 2. The first kappa shape index (κ1) is 90.8. The Morgan fingerprint density at radius 1 is 0.528 bits per heavy atom. The van der Waals surface area contributed by atoms with E-state index in [0.717, 1.165) is 11.8 Å². The van der Waals surface area contributed by atoms with Crippen LogP contribution in [0.2, 0.25) is 0 Å². The van der Waals surface area contributed by atoms with Gasteiger partial charge in [-0.1, -0.05) is 42.5 Å². The van der Waals surface area contributed by atoms with Gasteiger partial charge in [-0.15, -0.1) is 11.8 Å². The number of carbonyl (C=O) groups excluding carboxylic acids is 15. The van der Waals surface area contributed by atoms with Crippen LogP contribution in [0.1, 0.15) is 82.5 Å². The number of aromatic hydroxyl groups is 1. The fourth-order valence-electron chi connectivity index (χ4n) is 9.78. The number of carbonyl (C=O) groups is 17. The molecule has 0 fully saturated rings. The summed E-state index contributed by atoms with van der Waals surface area (Å²) in [6.07, 6.45) is 0.294. The van der Waals surface area contributed by atoms with E-state index in [1.165, 1.54) is 62.5 Å². The summed E-state index contributed by atoms with van der Waals surface area (Å²) in [5.74, 6) is -17.8. The van der Waals surface area contributed by atoms with Gasteiger partial charge in [0, 0.05) is 76.7 Å². The molecule has 0 bridgehead atoms. The van der Waals surface area contributed by atoms with E-state index in [0.29, 0.717) is 17.7 Å². The van der Waals surface area contributed by atoms with E-state index in [-0.39, 0.29) is 95.1 Å². The fraction of sp³-hybridized carbons (Fsp3) is 0.515. The highest BCUT2D eigenvalue weighted by molar-refractivity contribution is 7.99. The Morgan fingerprint density at radius 3 is 1.55 bits per heavy atom. The van der Waals surface area contributed by atoms with Crippen LogP contribution in [0.15, 0.2) is 67.1 Å². The van der Waals surface area contributed by atoms with Crippen LogP contribution in [-0.4, -0.2) is 268 Å². The van der Waals surface area contributed by atoms with Crippen molar-refractivity contribution in [3.05, 3.63) is 83.9 Å². The van der Waals surface area contributed by atoms with E-state index < -0.39 is 206 Å². The van der Waals surface area contributed by atoms with Gasteiger partial charge >= 0.3 is 23.9 Å². The zero-order valence-electron chi connectivity index (χ0n) is 59.7. The number of primary amides is 1. The SMILES string of the molecule is CC(=O)OCCN(CCOC(C)=O)CC(=O)NCSC[C@H](NC(=O)CNC(=O)[C@H](CO)NC(=O)[C@H](C)NC(=O)[C@H](CCCCN)NC(=O)[C@H](CCC(N)=O)NC(=O)CN)C(=O)N[C@@H](Cc1ccc(O)cc1)C(=O)N[C@@H](CCC(=O)O)C(=O)N[C@@H](Cc1ccccc1)C(=O)N[C@@H](Cc1cnc[nH]1)C(=O)NCC(=O)O. The summed E-state index contributed by atoms with van der Waals surface area (Å²) < 4.78 is 10.00. The Labute approximate surface area is 623 Å². The number of benzene rings is 2. The van der Waals surface area contributed by atoms with Crippen LogP contribution in [0.3, 0.4) is 0 Å². The minimum Gasteiger partial charge on any atom is -0.508 e. The zero-order chi connectivity index (χ0) is 80.3. The molecule has 1 heterocycles. The van der Waals surface area contributed by atoms with Gasteiger partial charge in [-0.25, -0.2) is 4.98 Å². The van der Waals surface area contributed by atoms with Crippen LogP contribution in [-0.2, 0) is 110 Å². The number of H-pyrrole nitrogens is 1. The van der Waals surface area contributed by atoms with E-state index >= 15 is 0 Å². The minimum atomic E-state index is -1.82. The first-order chi connectivity index (χ1) is 51.3. The third-order valence-corrected chi connectivity index (χ3v) is 16.3. The second kappa shape index (κ2) is 49.4. The van der Waals surface area contributed by atoms with Gasteiger partial charge in [-0.05, 0) is 68.8 Å². The average Bonchev–Trinajstić information content (AvgIpc) is 0.937. The lowest BCUT2D eigenvalue weighted by molar-refractivity contribution is -0.142. The van der Waals surface area contributed by atoms with Gasteiger partial charge in [0.2, 0.25) is 76.8 Å². The lowest BCUT2D eigenvalue weighted by atomic mass is 10.0. The molecule has 0 aliphatic heterocycles. The number of amides is 13. The number of aliphatic hydroxyl groups is 1. The highest BCUT2D eigenvalue weighted by atomic mass is 32.2. The number of ether oxygens (including phenoxy) is 2.